The Morgan fingerprint density at radius 3 is 2.81 bits per heavy atom. The Morgan fingerprint density at radius 2 is 2.11 bits per heavy atom. The van der Waals surface area contributed by atoms with Gasteiger partial charge in [0.15, 0.2) is 0 Å². The van der Waals surface area contributed by atoms with Gasteiger partial charge in [-0.3, -0.25) is 0 Å². The van der Waals surface area contributed by atoms with E-state index in [9.17, 15) is 4.79 Å². The maximum atomic E-state index is 12.5. The van der Waals surface area contributed by atoms with Crippen molar-refractivity contribution in [3.63, 3.8) is 0 Å². The van der Waals surface area contributed by atoms with E-state index in [-0.39, 0.29) is 23.9 Å². The van der Waals surface area contributed by atoms with E-state index in [1.54, 1.807) is 6.21 Å². The number of oxime groups is 1. The lowest BCUT2D eigenvalue weighted by Crippen LogP contribution is -2.37. The lowest BCUT2D eigenvalue weighted by molar-refractivity contribution is -0.161. The van der Waals surface area contributed by atoms with E-state index in [0.29, 0.717) is 18.6 Å². The molecule has 3 atom stereocenters. The number of fused-ring (bicyclic) bond motifs is 1. The molecule has 0 unspecified atom stereocenters. The number of nitrogens with zero attached hydrogens (tertiary/aromatic N) is 1. The van der Waals surface area contributed by atoms with Gasteiger partial charge in [-0.2, -0.15) is 0 Å². The molecule has 144 valence electrons. The summed E-state index contributed by atoms with van der Waals surface area (Å²) in [6, 6.07) is 9.90. The van der Waals surface area contributed by atoms with Crippen LogP contribution in [0.5, 0.6) is 0 Å². The summed E-state index contributed by atoms with van der Waals surface area (Å²) in [7, 11) is 1.50. The summed E-state index contributed by atoms with van der Waals surface area (Å²) in [5.41, 5.74) is 2.52. The van der Waals surface area contributed by atoms with Crippen molar-refractivity contribution >= 4 is 12.2 Å². The standard InChI is InChI=1S/C21H25NO5/c1-14(2)27-20(23)18-13-26-21(25-12-15-7-5-4-6-8-15)19-16(11-22-24-3)9-10-17(18)19/h4-9,11,13-14,17,19,21H,10,12H2,1-3H3/t17-,19-,21-/m1/s1. The molecule has 0 N–H and O–H groups in total. The fourth-order valence-electron chi connectivity index (χ4n) is 3.39. The molecule has 6 heteroatoms. The van der Waals surface area contributed by atoms with Gasteiger partial charge in [0, 0.05) is 5.92 Å². The summed E-state index contributed by atoms with van der Waals surface area (Å²) < 4.78 is 17.2. The minimum atomic E-state index is -0.511. The third-order valence-electron chi connectivity index (χ3n) is 4.59. The molecule has 1 aliphatic heterocycles. The Balaban J connectivity index is 1.78. The van der Waals surface area contributed by atoms with Gasteiger partial charge in [0.1, 0.15) is 7.11 Å². The molecule has 0 aromatic heterocycles. The lowest BCUT2D eigenvalue weighted by Gasteiger charge is -2.34. The second-order valence-corrected chi connectivity index (χ2v) is 6.82. The minimum Gasteiger partial charge on any atom is -0.471 e. The number of allylic oxidation sites excluding steroid dienone is 1. The van der Waals surface area contributed by atoms with Crippen molar-refractivity contribution < 1.29 is 23.8 Å². The van der Waals surface area contributed by atoms with Crippen LogP contribution in [0.25, 0.3) is 0 Å². The van der Waals surface area contributed by atoms with Crippen LogP contribution in [0.3, 0.4) is 0 Å². The van der Waals surface area contributed by atoms with Crippen LogP contribution in [-0.4, -0.2) is 31.7 Å². The van der Waals surface area contributed by atoms with Gasteiger partial charge in [-0.05, 0) is 31.4 Å². The molecule has 1 aliphatic carbocycles. The highest BCUT2D eigenvalue weighted by Gasteiger charge is 2.44. The largest absolute Gasteiger partial charge is 0.471 e. The molecule has 0 radical (unpaired) electrons. The first-order valence-electron chi connectivity index (χ1n) is 9.08. The second-order valence-electron chi connectivity index (χ2n) is 6.82. The van der Waals surface area contributed by atoms with Crippen molar-refractivity contribution in [2.75, 3.05) is 7.11 Å². The van der Waals surface area contributed by atoms with E-state index in [1.807, 2.05) is 50.3 Å². The zero-order valence-corrected chi connectivity index (χ0v) is 15.8. The van der Waals surface area contributed by atoms with Gasteiger partial charge >= 0.3 is 5.97 Å². The Kier molecular flexibility index (Phi) is 6.29. The number of rotatable bonds is 7. The predicted molar refractivity (Wildman–Crippen MR) is 101 cm³/mol. The first-order valence-corrected chi connectivity index (χ1v) is 9.08. The Labute approximate surface area is 159 Å². The number of esters is 1. The molecular weight excluding hydrogens is 346 g/mol. The zero-order valence-electron chi connectivity index (χ0n) is 15.8. The molecule has 27 heavy (non-hydrogen) atoms. The van der Waals surface area contributed by atoms with Gasteiger partial charge in [0.05, 0.1) is 36.7 Å². The highest BCUT2D eigenvalue weighted by Crippen LogP contribution is 2.43. The van der Waals surface area contributed by atoms with E-state index in [1.165, 1.54) is 13.4 Å². The van der Waals surface area contributed by atoms with E-state index < -0.39 is 6.29 Å². The highest BCUT2D eigenvalue weighted by molar-refractivity contribution is 5.90. The average Bonchev–Trinajstić information content (AvgIpc) is 3.09. The van der Waals surface area contributed by atoms with Crippen LogP contribution < -0.4 is 0 Å². The van der Waals surface area contributed by atoms with Gasteiger partial charge in [0.25, 0.3) is 0 Å². The van der Waals surface area contributed by atoms with E-state index in [4.69, 9.17) is 19.0 Å². The molecule has 6 nitrogen and oxygen atoms in total. The Bertz CT molecular complexity index is 738. The van der Waals surface area contributed by atoms with Crippen LogP contribution in [0.4, 0.5) is 0 Å². The molecule has 0 spiro atoms. The maximum absolute atomic E-state index is 12.5. The minimum absolute atomic E-state index is 0.0657. The molecule has 0 fully saturated rings. The Morgan fingerprint density at radius 1 is 1.33 bits per heavy atom. The van der Waals surface area contributed by atoms with Crippen molar-refractivity contribution in [2.24, 2.45) is 17.0 Å². The van der Waals surface area contributed by atoms with Crippen LogP contribution in [0.2, 0.25) is 0 Å². The van der Waals surface area contributed by atoms with Crippen LogP contribution in [0, 0.1) is 11.8 Å². The molecule has 0 saturated carbocycles. The van der Waals surface area contributed by atoms with Crippen LogP contribution in [-0.2, 0) is 30.4 Å². The van der Waals surface area contributed by atoms with Gasteiger partial charge in [-0.15, -0.1) is 0 Å². The molecule has 2 aliphatic rings. The molecule has 0 amide bonds. The van der Waals surface area contributed by atoms with E-state index in [0.717, 1.165) is 11.1 Å². The third-order valence-corrected chi connectivity index (χ3v) is 4.59. The van der Waals surface area contributed by atoms with Crippen LogP contribution >= 0.6 is 0 Å². The van der Waals surface area contributed by atoms with Gasteiger partial charge in [-0.25, -0.2) is 4.79 Å². The summed E-state index contributed by atoms with van der Waals surface area (Å²) in [6.07, 6.45) is 5.19. The highest BCUT2D eigenvalue weighted by atomic mass is 16.7. The molecule has 0 saturated heterocycles. The summed E-state index contributed by atoms with van der Waals surface area (Å²) in [6.45, 7) is 4.08. The first kappa shape index (κ1) is 19.2. The summed E-state index contributed by atoms with van der Waals surface area (Å²) in [4.78, 5) is 17.3. The van der Waals surface area contributed by atoms with Crippen LogP contribution in [0.1, 0.15) is 25.8 Å². The number of carbonyl (C=O) groups excluding carboxylic acids is 1. The van der Waals surface area contributed by atoms with E-state index >= 15 is 0 Å². The summed E-state index contributed by atoms with van der Waals surface area (Å²) in [5.74, 6) is -0.559. The zero-order chi connectivity index (χ0) is 19.2. The topological polar surface area (TPSA) is 66.4 Å². The average molecular weight is 371 g/mol. The van der Waals surface area contributed by atoms with Crippen molar-refractivity contribution in [1.29, 1.82) is 0 Å². The van der Waals surface area contributed by atoms with Gasteiger partial charge < -0.3 is 19.0 Å². The SMILES string of the molecule is CON=CC1=CC[C@@H]2C(C(=O)OC(C)C)=CO[C@@H](OCc3ccccc3)[C@H]12. The smallest absolute Gasteiger partial charge is 0.337 e. The Hall–Kier alpha value is -2.60. The molecule has 3 rings (SSSR count). The first-order chi connectivity index (χ1) is 13.1. The van der Waals surface area contributed by atoms with Gasteiger partial charge in [-0.1, -0.05) is 41.6 Å². The number of ether oxygens (including phenoxy) is 3. The molecule has 1 aromatic rings. The monoisotopic (exact) mass is 371 g/mol. The normalized spacial score (nSPS) is 24.2. The second kappa shape index (κ2) is 8.86. The molecular formula is C21H25NO5. The summed E-state index contributed by atoms with van der Waals surface area (Å²) in [5, 5.41) is 3.88. The number of hydrogen-bond acceptors (Lipinski definition) is 6. The predicted octanol–water partition coefficient (Wildman–Crippen LogP) is 3.59. The lowest BCUT2D eigenvalue weighted by atomic mass is 9.83. The van der Waals surface area contributed by atoms with Crippen molar-refractivity contribution in [3.05, 3.63) is 59.4 Å². The fraction of sp³-hybridized carbons (Fsp3) is 0.429. The van der Waals surface area contributed by atoms with Crippen LogP contribution in [0.15, 0.2) is 59.0 Å². The number of benzene rings is 1. The quantitative estimate of drug-likeness (QED) is 0.416. The molecule has 0 bridgehead atoms. The van der Waals surface area contributed by atoms with Crippen molar-refractivity contribution in [1.82, 2.24) is 0 Å². The number of carbonyl (C=O) groups is 1. The number of hydrogen-bond donors (Lipinski definition) is 0. The van der Waals surface area contributed by atoms with Gasteiger partial charge in [0.2, 0.25) is 6.29 Å². The molecule has 1 heterocycles. The van der Waals surface area contributed by atoms with E-state index in [2.05, 4.69) is 5.16 Å². The molecule has 1 aromatic carbocycles. The van der Waals surface area contributed by atoms with Crippen molar-refractivity contribution in [3.8, 4) is 0 Å². The maximum Gasteiger partial charge on any atom is 0.337 e. The third kappa shape index (κ3) is 4.57. The van der Waals surface area contributed by atoms with Crippen molar-refractivity contribution in [2.45, 2.75) is 39.3 Å². The fourth-order valence-corrected chi connectivity index (χ4v) is 3.39. The summed E-state index contributed by atoms with van der Waals surface area (Å²) >= 11 is 0.